The largest absolute Gasteiger partial charge is 0.382 e. The standard InChI is InChI=1S/C14H18N4O/c1-11(12-6-9-19-10-12)16-13-2-4-14(5-3-13)18-8-7-15-17-18/h2-5,7-8,11-12,16H,6,9-10H2,1H3/t11-,12+/m0/s1. The Balaban J connectivity index is 1.65. The predicted molar refractivity (Wildman–Crippen MR) is 73.4 cm³/mol. The number of hydrogen-bond donors (Lipinski definition) is 1. The van der Waals surface area contributed by atoms with E-state index in [0.717, 1.165) is 31.0 Å². The maximum Gasteiger partial charge on any atom is 0.0697 e. The summed E-state index contributed by atoms with van der Waals surface area (Å²) in [4.78, 5) is 0. The van der Waals surface area contributed by atoms with Gasteiger partial charge in [-0.15, -0.1) is 5.10 Å². The summed E-state index contributed by atoms with van der Waals surface area (Å²) >= 11 is 0. The van der Waals surface area contributed by atoms with Crippen LogP contribution in [0.3, 0.4) is 0 Å². The van der Waals surface area contributed by atoms with E-state index in [0.29, 0.717) is 12.0 Å². The summed E-state index contributed by atoms with van der Waals surface area (Å²) in [5.41, 5.74) is 2.14. The molecule has 0 unspecified atom stereocenters. The zero-order valence-electron chi connectivity index (χ0n) is 11.0. The van der Waals surface area contributed by atoms with Crippen molar-refractivity contribution < 1.29 is 4.74 Å². The van der Waals surface area contributed by atoms with Crippen molar-refractivity contribution in [2.24, 2.45) is 5.92 Å². The van der Waals surface area contributed by atoms with Gasteiger partial charge < -0.3 is 10.1 Å². The van der Waals surface area contributed by atoms with Crippen molar-refractivity contribution in [1.82, 2.24) is 15.0 Å². The van der Waals surface area contributed by atoms with E-state index in [2.05, 4.69) is 34.7 Å². The van der Waals surface area contributed by atoms with Gasteiger partial charge in [-0.05, 0) is 37.6 Å². The number of nitrogens with zero attached hydrogens (tertiary/aromatic N) is 3. The van der Waals surface area contributed by atoms with E-state index in [-0.39, 0.29) is 0 Å². The van der Waals surface area contributed by atoms with Crippen LogP contribution in [-0.4, -0.2) is 34.2 Å². The highest BCUT2D eigenvalue weighted by molar-refractivity contribution is 5.49. The third-order valence-corrected chi connectivity index (χ3v) is 3.62. The molecule has 1 N–H and O–H groups in total. The van der Waals surface area contributed by atoms with E-state index in [4.69, 9.17) is 4.74 Å². The summed E-state index contributed by atoms with van der Waals surface area (Å²) in [6.45, 7) is 3.97. The van der Waals surface area contributed by atoms with Crippen LogP contribution in [0.1, 0.15) is 13.3 Å². The summed E-state index contributed by atoms with van der Waals surface area (Å²) in [5.74, 6) is 0.606. The molecule has 1 aliphatic rings. The Morgan fingerprint density at radius 2 is 2.21 bits per heavy atom. The summed E-state index contributed by atoms with van der Waals surface area (Å²) in [6.07, 6.45) is 4.65. The molecule has 2 atom stereocenters. The second-order valence-corrected chi connectivity index (χ2v) is 4.95. The van der Waals surface area contributed by atoms with Crippen molar-refractivity contribution in [1.29, 1.82) is 0 Å². The third kappa shape index (κ3) is 2.76. The van der Waals surface area contributed by atoms with Gasteiger partial charge in [0.05, 0.1) is 24.7 Å². The van der Waals surface area contributed by atoms with E-state index in [9.17, 15) is 0 Å². The van der Waals surface area contributed by atoms with E-state index in [1.165, 1.54) is 0 Å². The van der Waals surface area contributed by atoms with Gasteiger partial charge in [0.15, 0.2) is 0 Å². The van der Waals surface area contributed by atoms with E-state index in [1.807, 2.05) is 18.3 Å². The van der Waals surface area contributed by atoms with Gasteiger partial charge in [0, 0.05) is 24.3 Å². The van der Waals surface area contributed by atoms with Crippen LogP contribution in [0.4, 0.5) is 5.69 Å². The first-order valence-corrected chi connectivity index (χ1v) is 6.64. The number of hydrogen-bond acceptors (Lipinski definition) is 4. The molecule has 0 amide bonds. The fraction of sp³-hybridized carbons (Fsp3) is 0.429. The van der Waals surface area contributed by atoms with Crippen molar-refractivity contribution in [3.63, 3.8) is 0 Å². The Morgan fingerprint density at radius 3 is 2.84 bits per heavy atom. The van der Waals surface area contributed by atoms with Crippen LogP contribution in [0.25, 0.3) is 5.69 Å². The quantitative estimate of drug-likeness (QED) is 0.912. The van der Waals surface area contributed by atoms with Gasteiger partial charge in [-0.3, -0.25) is 0 Å². The first kappa shape index (κ1) is 12.2. The molecule has 1 aromatic carbocycles. The van der Waals surface area contributed by atoms with Crippen LogP contribution in [0.15, 0.2) is 36.7 Å². The molecule has 0 saturated carbocycles. The second kappa shape index (κ2) is 5.40. The molecular weight excluding hydrogens is 240 g/mol. The monoisotopic (exact) mass is 258 g/mol. The lowest BCUT2D eigenvalue weighted by Crippen LogP contribution is -2.26. The Hall–Kier alpha value is -1.88. The molecule has 2 aromatic rings. The van der Waals surface area contributed by atoms with Crippen molar-refractivity contribution in [3.8, 4) is 5.69 Å². The Kier molecular flexibility index (Phi) is 3.46. The molecule has 5 nitrogen and oxygen atoms in total. The van der Waals surface area contributed by atoms with Gasteiger partial charge in [-0.25, -0.2) is 4.68 Å². The maximum atomic E-state index is 5.43. The SMILES string of the molecule is C[C@H](Nc1ccc(-n2ccnn2)cc1)[C@@H]1CCOC1. The minimum Gasteiger partial charge on any atom is -0.382 e. The normalized spacial score (nSPS) is 20.4. The molecule has 0 radical (unpaired) electrons. The minimum atomic E-state index is 0.430. The van der Waals surface area contributed by atoms with Crippen LogP contribution in [0.2, 0.25) is 0 Å². The van der Waals surface area contributed by atoms with Crippen LogP contribution in [-0.2, 0) is 4.74 Å². The number of benzene rings is 1. The molecule has 1 aliphatic heterocycles. The average Bonchev–Trinajstić information content (AvgIpc) is 3.13. The summed E-state index contributed by atoms with van der Waals surface area (Å²) in [5, 5.41) is 11.3. The van der Waals surface area contributed by atoms with Gasteiger partial charge >= 0.3 is 0 Å². The Labute approximate surface area is 112 Å². The predicted octanol–water partition coefficient (Wildman–Crippen LogP) is 2.10. The van der Waals surface area contributed by atoms with Crippen LogP contribution < -0.4 is 5.32 Å². The molecule has 1 aromatic heterocycles. The molecular formula is C14H18N4O. The summed E-state index contributed by atoms with van der Waals surface area (Å²) in [7, 11) is 0. The van der Waals surface area contributed by atoms with Crippen LogP contribution >= 0.6 is 0 Å². The first-order chi connectivity index (χ1) is 9.33. The Bertz CT molecular complexity index is 503. The van der Waals surface area contributed by atoms with Gasteiger partial charge in [-0.1, -0.05) is 5.21 Å². The van der Waals surface area contributed by atoms with E-state index < -0.39 is 0 Å². The number of nitrogens with one attached hydrogen (secondary N) is 1. The molecule has 0 aliphatic carbocycles. The molecule has 3 rings (SSSR count). The number of ether oxygens (including phenoxy) is 1. The second-order valence-electron chi connectivity index (χ2n) is 4.95. The zero-order valence-corrected chi connectivity index (χ0v) is 11.0. The highest BCUT2D eigenvalue weighted by Crippen LogP contribution is 2.21. The number of anilines is 1. The zero-order chi connectivity index (χ0) is 13.1. The molecule has 5 heteroatoms. The van der Waals surface area contributed by atoms with Crippen LogP contribution in [0.5, 0.6) is 0 Å². The third-order valence-electron chi connectivity index (χ3n) is 3.62. The lowest BCUT2D eigenvalue weighted by Gasteiger charge is -2.20. The van der Waals surface area contributed by atoms with Gasteiger partial charge in [-0.2, -0.15) is 0 Å². The molecule has 2 heterocycles. The van der Waals surface area contributed by atoms with Crippen molar-refractivity contribution in [2.45, 2.75) is 19.4 Å². The topological polar surface area (TPSA) is 52.0 Å². The fourth-order valence-electron chi connectivity index (χ4n) is 2.38. The van der Waals surface area contributed by atoms with Crippen LogP contribution in [0, 0.1) is 5.92 Å². The molecule has 100 valence electrons. The maximum absolute atomic E-state index is 5.43. The van der Waals surface area contributed by atoms with Gasteiger partial charge in [0.1, 0.15) is 0 Å². The molecule has 19 heavy (non-hydrogen) atoms. The van der Waals surface area contributed by atoms with Crippen molar-refractivity contribution in [2.75, 3.05) is 18.5 Å². The smallest absolute Gasteiger partial charge is 0.0697 e. The molecule has 1 saturated heterocycles. The first-order valence-electron chi connectivity index (χ1n) is 6.64. The highest BCUT2D eigenvalue weighted by Gasteiger charge is 2.21. The lowest BCUT2D eigenvalue weighted by molar-refractivity contribution is 0.183. The average molecular weight is 258 g/mol. The fourth-order valence-corrected chi connectivity index (χ4v) is 2.38. The number of rotatable bonds is 4. The minimum absolute atomic E-state index is 0.430. The highest BCUT2D eigenvalue weighted by atomic mass is 16.5. The van der Waals surface area contributed by atoms with Gasteiger partial charge in [0.25, 0.3) is 0 Å². The number of aromatic nitrogens is 3. The van der Waals surface area contributed by atoms with Crippen molar-refractivity contribution >= 4 is 5.69 Å². The lowest BCUT2D eigenvalue weighted by atomic mass is 10.0. The van der Waals surface area contributed by atoms with E-state index >= 15 is 0 Å². The Morgan fingerprint density at radius 1 is 1.37 bits per heavy atom. The molecule has 0 spiro atoms. The molecule has 1 fully saturated rings. The molecule has 0 bridgehead atoms. The van der Waals surface area contributed by atoms with Gasteiger partial charge in [0.2, 0.25) is 0 Å². The summed E-state index contributed by atoms with van der Waals surface area (Å²) in [6, 6.07) is 8.65. The van der Waals surface area contributed by atoms with E-state index in [1.54, 1.807) is 10.9 Å². The summed E-state index contributed by atoms with van der Waals surface area (Å²) < 4.78 is 7.17. The van der Waals surface area contributed by atoms with Crippen molar-refractivity contribution in [3.05, 3.63) is 36.7 Å².